The third-order valence-corrected chi connectivity index (χ3v) is 6.22. The van der Waals surface area contributed by atoms with Gasteiger partial charge in [-0.2, -0.15) is 0 Å². The first kappa shape index (κ1) is 20.3. The van der Waals surface area contributed by atoms with E-state index in [4.69, 9.17) is 27.9 Å². The van der Waals surface area contributed by atoms with Gasteiger partial charge in [0, 0.05) is 24.1 Å². The third-order valence-electron chi connectivity index (χ3n) is 3.83. The standard InChI is InChI=1S/C19H15BrCl2N2O2S/c1-23-19-24(2)18(25)17(27-19)9-12-8-13(20)4-6-16(12)26-10-11-3-5-14(21)15(22)7-11/h3-9H,10H2,1-2H3/b17-9-,23-19?. The molecule has 4 nitrogen and oxygen atoms in total. The Morgan fingerprint density at radius 2 is 2.00 bits per heavy atom. The third kappa shape index (κ3) is 4.69. The number of ether oxygens (including phenoxy) is 1. The zero-order valence-corrected chi connectivity index (χ0v) is 18.4. The second kappa shape index (κ2) is 8.69. The molecule has 2 aromatic carbocycles. The molecule has 0 spiro atoms. The van der Waals surface area contributed by atoms with E-state index in [1.165, 1.54) is 16.7 Å². The molecule has 140 valence electrons. The number of hydrogen-bond acceptors (Lipinski definition) is 4. The number of nitrogens with zero attached hydrogens (tertiary/aromatic N) is 2. The fraction of sp³-hybridized carbons (Fsp3) is 0.158. The first-order valence-corrected chi connectivity index (χ1v) is 10.3. The summed E-state index contributed by atoms with van der Waals surface area (Å²) in [5, 5.41) is 1.65. The van der Waals surface area contributed by atoms with Crippen LogP contribution in [0.2, 0.25) is 10.0 Å². The summed E-state index contributed by atoms with van der Waals surface area (Å²) in [7, 11) is 3.38. The monoisotopic (exact) mass is 484 g/mol. The lowest BCUT2D eigenvalue weighted by atomic mass is 10.1. The molecule has 3 rings (SSSR count). The Hall–Kier alpha value is -1.47. The minimum Gasteiger partial charge on any atom is -0.488 e. The maximum absolute atomic E-state index is 12.4. The predicted molar refractivity (Wildman–Crippen MR) is 117 cm³/mol. The zero-order valence-electron chi connectivity index (χ0n) is 14.5. The number of likely N-dealkylation sites (N-methyl/N-ethyl adjacent to an activating group) is 1. The van der Waals surface area contributed by atoms with Crippen LogP contribution in [-0.4, -0.2) is 30.1 Å². The van der Waals surface area contributed by atoms with E-state index in [1.54, 1.807) is 26.2 Å². The number of amidine groups is 1. The zero-order chi connectivity index (χ0) is 19.6. The molecule has 1 heterocycles. The molecule has 0 bridgehead atoms. The number of amides is 1. The van der Waals surface area contributed by atoms with Gasteiger partial charge < -0.3 is 4.74 Å². The summed E-state index contributed by atoms with van der Waals surface area (Å²) < 4.78 is 6.86. The maximum atomic E-state index is 12.4. The number of hydrogen-bond donors (Lipinski definition) is 0. The van der Waals surface area contributed by atoms with Gasteiger partial charge in [0.2, 0.25) is 0 Å². The van der Waals surface area contributed by atoms with Gasteiger partial charge in [0.15, 0.2) is 5.17 Å². The van der Waals surface area contributed by atoms with Crippen LogP contribution in [0.5, 0.6) is 5.75 Å². The average Bonchev–Trinajstić information content (AvgIpc) is 2.91. The lowest BCUT2D eigenvalue weighted by molar-refractivity contribution is -0.121. The first-order chi connectivity index (χ1) is 12.9. The molecule has 0 N–H and O–H groups in total. The highest BCUT2D eigenvalue weighted by molar-refractivity contribution is 9.10. The molecule has 0 saturated carbocycles. The molecular weight excluding hydrogens is 471 g/mol. The van der Waals surface area contributed by atoms with Crippen LogP contribution in [0.25, 0.3) is 6.08 Å². The van der Waals surface area contributed by atoms with E-state index in [-0.39, 0.29) is 5.91 Å². The fourth-order valence-electron chi connectivity index (χ4n) is 2.44. The van der Waals surface area contributed by atoms with Crippen molar-refractivity contribution in [1.82, 2.24) is 4.90 Å². The molecule has 0 aliphatic carbocycles. The van der Waals surface area contributed by atoms with Crippen LogP contribution in [0.4, 0.5) is 0 Å². The topological polar surface area (TPSA) is 41.9 Å². The van der Waals surface area contributed by atoms with Gasteiger partial charge >= 0.3 is 0 Å². The van der Waals surface area contributed by atoms with Crippen LogP contribution in [0, 0.1) is 0 Å². The van der Waals surface area contributed by atoms with E-state index in [2.05, 4.69) is 20.9 Å². The smallest absolute Gasteiger partial charge is 0.266 e. The summed E-state index contributed by atoms with van der Waals surface area (Å²) in [5.74, 6) is 0.575. The highest BCUT2D eigenvalue weighted by Crippen LogP contribution is 2.34. The molecular formula is C19H15BrCl2N2O2S. The van der Waals surface area contributed by atoms with Crippen molar-refractivity contribution in [2.24, 2.45) is 4.99 Å². The van der Waals surface area contributed by atoms with Gasteiger partial charge in [-0.3, -0.25) is 14.7 Å². The highest BCUT2D eigenvalue weighted by Gasteiger charge is 2.30. The largest absolute Gasteiger partial charge is 0.488 e. The number of carbonyl (C=O) groups is 1. The van der Waals surface area contributed by atoms with Gasteiger partial charge in [0.25, 0.3) is 5.91 Å². The van der Waals surface area contributed by atoms with Crippen molar-refractivity contribution >= 4 is 68.0 Å². The van der Waals surface area contributed by atoms with Crippen molar-refractivity contribution in [3.8, 4) is 5.75 Å². The summed E-state index contributed by atoms with van der Waals surface area (Å²) in [5.41, 5.74) is 1.70. The van der Waals surface area contributed by atoms with Gasteiger partial charge in [-0.15, -0.1) is 0 Å². The van der Waals surface area contributed by atoms with Gasteiger partial charge in [0.1, 0.15) is 12.4 Å². The van der Waals surface area contributed by atoms with Crippen molar-refractivity contribution in [3.63, 3.8) is 0 Å². The van der Waals surface area contributed by atoms with Crippen molar-refractivity contribution in [2.75, 3.05) is 14.1 Å². The van der Waals surface area contributed by atoms with Gasteiger partial charge in [-0.05, 0) is 53.7 Å². The number of rotatable bonds is 4. The van der Waals surface area contributed by atoms with Crippen molar-refractivity contribution < 1.29 is 9.53 Å². The normalized spacial score (nSPS) is 17.2. The number of thioether (sulfide) groups is 1. The Morgan fingerprint density at radius 1 is 1.22 bits per heavy atom. The van der Waals surface area contributed by atoms with Crippen LogP contribution in [0.3, 0.4) is 0 Å². The molecule has 1 saturated heterocycles. The van der Waals surface area contributed by atoms with E-state index in [9.17, 15) is 4.79 Å². The molecule has 2 aromatic rings. The Balaban J connectivity index is 1.86. The van der Waals surface area contributed by atoms with Gasteiger partial charge in [-0.25, -0.2) is 0 Å². The molecule has 1 fully saturated rings. The molecule has 0 aromatic heterocycles. The van der Waals surface area contributed by atoms with E-state index >= 15 is 0 Å². The molecule has 0 radical (unpaired) electrons. The molecule has 1 aliphatic heterocycles. The Kier molecular flexibility index (Phi) is 6.52. The Morgan fingerprint density at radius 3 is 2.67 bits per heavy atom. The van der Waals surface area contributed by atoms with E-state index in [1.807, 2.05) is 30.3 Å². The summed E-state index contributed by atoms with van der Waals surface area (Å²) in [6, 6.07) is 11.0. The van der Waals surface area contributed by atoms with E-state index in [0.717, 1.165) is 15.6 Å². The fourth-order valence-corrected chi connectivity index (χ4v) is 4.06. The summed E-state index contributed by atoms with van der Waals surface area (Å²) >= 11 is 16.8. The SMILES string of the molecule is CN=C1S/C(=C\c2cc(Br)ccc2OCc2ccc(Cl)c(Cl)c2)C(=O)N1C. The summed E-state index contributed by atoms with van der Waals surface area (Å²) in [4.78, 5) is 18.6. The van der Waals surface area contributed by atoms with E-state index in [0.29, 0.717) is 32.5 Å². The minimum absolute atomic E-state index is 0.0870. The lowest BCUT2D eigenvalue weighted by Gasteiger charge is -2.11. The number of benzene rings is 2. The quantitative estimate of drug-likeness (QED) is 0.508. The first-order valence-electron chi connectivity index (χ1n) is 7.89. The van der Waals surface area contributed by atoms with Gasteiger partial charge in [-0.1, -0.05) is 45.2 Å². The van der Waals surface area contributed by atoms with Gasteiger partial charge in [0.05, 0.1) is 15.0 Å². The number of aliphatic imine (C=N–C) groups is 1. The van der Waals surface area contributed by atoms with Crippen LogP contribution in [0.15, 0.2) is 50.8 Å². The average molecular weight is 486 g/mol. The van der Waals surface area contributed by atoms with Crippen molar-refractivity contribution in [3.05, 3.63) is 66.9 Å². The maximum Gasteiger partial charge on any atom is 0.266 e. The van der Waals surface area contributed by atoms with E-state index < -0.39 is 0 Å². The lowest BCUT2D eigenvalue weighted by Crippen LogP contribution is -2.23. The number of halogens is 3. The minimum atomic E-state index is -0.0870. The van der Waals surface area contributed by atoms with Crippen LogP contribution >= 0.6 is 50.9 Å². The highest BCUT2D eigenvalue weighted by atomic mass is 79.9. The molecule has 0 atom stereocenters. The summed E-state index contributed by atoms with van der Waals surface area (Å²) in [6.45, 7) is 0.331. The van der Waals surface area contributed by atoms with Crippen LogP contribution in [-0.2, 0) is 11.4 Å². The van der Waals surface area contributed by atoms with Crippen molar-refractivity contribution in [2.45, 2.75) is 6.61 Å². The number of carbonyl (C=O) groups excluding carboxylic acids is 1. The molecule has 0 unspecified atom stereocenters. The molecule has 1 amide bonds. The molecule has 8 heteroatoms. The van der Waals surface area contributed by atoms with Crippen LogP contribution in [0.1, 0.15) is 11.1 Å². The molecule has 1 aliphatic rings. The molecule has 27 heavy (non-hydrogen) atoms. The predicted octanol–water partition coefficient (Wildman–Crippen LogP) is 5.87. The van der Waals surface area contributed by atoms with Crippen molar-refractivity contribution in [1.29, 1.82) is 0 Å². The second-order valence-electron chi connectivity index (χ2n) is 5.70. The Bertz CT molecular complexity index is 963. The van der Waals surface area contributed by atoms with Crippen LogP contribution < -0.4 is 4.74 Å². The Labute approximate surface area is 180 Å². The summed E-state index contributed by atoms with van der Waals surface area (Å²) in [6.07, 6.45) is 1.82. The second-order valence-corrected chi connectivity index (χ2v) is 8.44.